The molecular weight excluding hydrogens is 294 g/mol. The molecule has 5 nitrogen and oxygen atoms in total. The zero-order valence-electron chi connectivity index (χ0n) is 14.3. The summed E-state index contributed by atoms with van der Waals surface area (Å²) < 4.78 is 5.06. The van der Waals surface area contributed by atoms with Crippen molar-refractivity contribution in [2.75, 3.05) is 20.2 Å². The summed E-state index contributed by atoms with van der Waals surface area (Å²) >= 11 is 0. The molecule has 0 saturated carbocycles. The summed E-state index contributed by atoms with van der Waals surface area (Å²) in [7, 11) is 1.57. The Hall–Kier alpha value is -1.88. The predicted octanol–water partition coefficient (Wildman–Crippen LogP) is 2.28. The number of carbonyl (C=O) groups is 2. The van der Waals surface area contributed by atoms with Crippen LogP contribution < -0.4 is 4.74 Å². The highest BCUT2D eigenvalue weighted by Gasteiger charge is 2.48. The molecule has 0 bridgehead atoms. The Kier molecular flexibility index (Phi) is 4.80. The molecule has 0 radical (unpaired) electrons. The Bertz CT molecular complexity index is 574. The van der Waals surface area contributed by atoms with E-state index in [9.17, 15) is 14.7 Å². The number of ether oxygens (including phenoxy) is 1. The number of rotatable bonds is 5. The standard InChI is InChI=1S/C18H25NO4/c1-17(2)11-19(12-18(17,3)22)16(21)10-9-15(20)13-5-7-14(23-4)8-6-13/h5-8,22H,9-12H2,1-4H3. The van der Waals surface area contributed by atoms with Crippen molar-refractivity contribution < 1.29 is 19.4 Å². The lowest BCUT2D eigenvalue weighted by molar-refractivity contribution is -0.131. The number of aliphatic hydroxyl groups is 1. The minimum absolute atomic E-state index is 0.0637. The fourth-order valence-corrected chi connectivity index (χ4v) is 2.77. The Labute approximate surface area is 137 Å². The largest absolute Gasteiger partial charge is 0.497 e. The van der Waals surface area contributed by atoms with Crippen molar-refractivity contribution in [2.24, 2.45) is 5.41 Å². The van der Waals surface area contributed by atoms with Crippen molar-refractivity contribution in [3.05, 3.63) is 29.8 Å². The van der Waals surface area contributed by atoms with Crippen molar-refractivity contribution in [2.45, 2.75) is 39.2 Å². The van der Waals surface area contributed by atoms with Gasteiger partial charge in [-0.3, -0.25) is 9.59 Å². The van der Waals surface area contributed by atoms with E-state index in [1.54, 1.807) is 43.2 Å². The summed E-state index contributed by atoms with van der Waals surface area (Å²) in [4.78, 5) is 26.1. The first-order valence-electron chi connectivity index (χ1n) is 7.84. The summed E-state index contributed by atoms with van der Waals surface area (Å²) in [5, 5.41) is 10.4. The van der Waals surface area contributed by atoms with Crippen LogP contribution in [0.1, 0.15) is 44.0 Å². The summed E-state index contributed by atoms with van der Waals surface area (Å²) in [6.45, 7) is 6.47. The van der Waals surface area contributed by atoms with Gasteiger partial charge in [-0.1, -0.05) is 13.8 Å². The maximum absolute atomic E-state index is 12.3. The van der Waals surface area contributed by atoms with E-state index in [2.05, 4.69) is 0 Å². The van der Waals surface area contributed by atoms with Gasteiger partial charge in [-0.05, 0) is 31.2 Å². The van der Waals surface area contributed by atoms with Crippen LogP contribution in [0.2, 0.25) is 0 Å². The van der Waals surface area contributed by atoms with Gasteiger partial charge in [-0.25, -0.2) is 0 Å². The number of amides is 1. The summed E-state index contributed by atoms with van der Waals surface area (Å²) in [5.41, 5.74) is -0.668. The van der Waals surface area contributed by atoms with Crippen LogP contribution in [0.25, 0.3) is 0 Å². The first-order chi connectivity index (χ1) is 10.7. The molecule has 1 fully saturated rings. The second kappa shape index (κ2) is 6.32. The molecule has 1 N–H and O–H groups in total. The van der Waals surface area contributed by atoms with Crippen LogP contribution in [-0.4, -0.2) is 47.5 Å². The minimum Gasteiger partial charge on any atom is -0.497 e. The first kappa shape index (κ1) is 17.5. The lowest BCUT2D eigenvalue weighted by atomic mass is 9.79. The maximum atomic E-state index is 12.3. The Morgan fingerprint density at radius 1 is 1.13 bits per heavy atom. The van der Waals surface area contributed by atoms with E-state index in [1.807, 2.05) is 13.8 Å². The number of nitrogens with zero attached hydrogens (tertiary/aromatic N) is 1. The second-order valence-electron chi connectivity index (χ2n) is 7.06. The van der Waals surface area contributed by atoms with Crippen molar-refractivity contribution in [3.8, 4) is 5.75 Å². The normalized spacial score (nSPS) is 22.9. The summed E-state index contributed by atoms with van der Waals surface area (Å²) in [6, 6.07) is 6.87. The Morgan fingerprint density at radius 2 is 1.74 bits per heavy atom. The van der Waals surface area contributed by atoms with Gasteiger partial charge < -0.3 is 14.7 Å². The van der Waals surface area contributed by atoms with Crippen LogP contribution in [0, 0.1) is 5.41 Å². The van der Waals surface area contributed by atoms with Crippen LogP contribution in [-0.2, 0) is 4.79 Å². The van der Waals surface area contributed by atoms with E-state index in [0.717, 1.165) is 0 Å². The molecule has 1 atom stereocenters. The first-order valence-corrected chi connectivity index (χ1v) is 7.84. The van der Waals surface area contributed by atoms with E-state index < -0.39 is 5.60 Å². The zero-order valence-corrected chi connectivity index (χ0v) is 14.3. The molecule has 0 aliphatic carbocycles. The zero-order chi connectivity index (χ0) is 17.3. The number of carbonyl (C=O) groups excluding carboxylic acids is 2. The van der Waals surface area contributed by atoms with Crippen LogP contribution in [0.5, 0.6) is 5.75 Å². The molecule has 5 heteroatoms. The molecule has 0 spiro atoms. The number of β-amino-alcohol motifs (C(OH)–C–C–N with tert-alkyl or cyclic N) is 1. The molecular formula is C18H25NO4. The fourth-order valence-electron chi connectivity index (χ4n) is 2.77. The number of Topliss-reactive ketones (excluding diaryl/α,β-unsaturated/α-hetero) is 1. The van der Waals surface area contributed by atoms with Crippen LogP contribution in [0.15, 0.2) is 24.3 Å². The van der Waals surface area contributed by atoms with Crippen LogP contribution in [0.4, 0.5) is 0 Å². The Balaban J connectivity index is 1.90. The quantitative estimate of drug-likeness (QED) is 0.846. The van der Waals surface area contributed by atoms with Gasteiger partial charge in [0.2, 0.25) is 5.91 Å². The van der Waals surface area contributed by atoms with Crippen molar-refractivity contribution in [1.82, 2.24) is 4.90 Å². The number of hydrogen-bond donors (Lipinski definition) is 1. The maximum Gasteiger partial charge on any atom is 0.223 e. The molecule has 1 heterocycles. The van der Waals surface area contributed by atoms with Crippen molar-refractivity contribution in [3.63, 3.8) is 0 Å². The van der Waals surface area contributed by atoms with Gasteiger partial charge in [-0.2, -0.15) is 0 Å². The molecule has 1 aromatic rings. The molecule has 2 rings (SSSR count). The third-order valence-electron chi connectivity index (χ3n) is 4.87. The SMILES string of the molecule is COc1ccc(C(=O)CCC(=O)N2CC(C)(C)C(C)(O)C2)cc1. The minimum atomic E-state index is -0.900. The van der Waals surface area contributed by atoms with Gasteiger partial charge in [0.1, 0.15) is 5.75 Å². The van der Waals surface area contributed by atoms with E-state index in [0.29, 0.717) is 24.4 Å². The average Bonchev–Trinajstić information content (AvgIpc) is 2.73. The Morgan fingerprint density at radius 3 is 2.22 bits per heavy atom. The lowest BCUT2D eigenvalue weighted by Gasteiger charge is -2.30. The van der Waals surface area contributed by atoms with Crippen LogP contribution >= 0.6 is 0 Å². The molecule has 23 heavy (non-hydrogen) atoms. The summed E-state index contributed by atoms with van der Waals surface area (Å²) in [6.07, 6.45) is 0.335. The van der Waals surface area contributed by atoms with Gasteiger partial charge >= 0.3 is 0 Å². The van der Waals surface area contributed by atoms with E-state index in [-0.39, 0.29) is 29.9 Å². The van der Waals surface area contributed by atoms with Gasteiger partial charge in [-0.15, -0.1) is 0 Å². The molecule has 1 amide bonds. The van der Waals surface area contributed by atoms with Gasteiger partial charge in [0.15, 0.2) is 5.78 Å². The van der Waals surface area contributed by atoms with Gasteiger partial charge in [0.25, 0.3) is 0 Å². The number of methoxy groups -OCH3 is 1. The smallest absolute Gasteiger partial charge is 0.223 e. The lowest BCUT2D eigenvalue weighted by Crippen LogP contribution is -2.40. The van der Waals surface area contributed by atoms with Gasteiger partial charge in [0.05, 0.1) is 12.7 Å². The second-order valence-corrected chi connectivity index (χ2v) is 7.06. The van der Waals surface area contributed by atoms with Crippen LogP contribution in [0.3, 0.4) is 0 Å². The molecule has 1 unspecified atom stereocenters. The fraction of sp³-hybridized carbons (Fsp3) is 0.556. The predicted molar refractivity (Wildman–Crippen MR) is 87.5 cm³/mol. The van der Waals surface area contributed by atoms with Crippen molar-refractivity contribution >= 4 is 11.7 Å². The van der Waals surface area contributed by atoms with E-state index in [1.165, 1.54) is 0 Å². The molecule has 126 valence electrons. The molecule has 0 aromatic heterocycles. The van der Waals surface area contributed by atoms with Crippen molar-refractivity contribution in [1.29, 1.82) is 0 Å². The number of ketones is 1. The molecule has 1 aliphatic rings. The van der Waals surface area contributed by atoms with E-state index >= 15 is 0 Å². The monoisotopic (exact) mass is 319 g/mol. The molecule has 1 aliphatic heterocycles. The third-order valence-corrected chi connectivity index (χ3v) is 4.87. The highest BCUT2D eigenvalue weighted by atomic mass is 16.5. The highest BCUT2D eigenvalue weighted by Crippen LogP contribution is 2.38. The highest BCUT2D eigenvalue weighted by molar-refractivity contribution is 5.98. The number of benzene rings is 1. The number of likely N-dealkylation sites (tertiary alicyclic amines) is 1. The number of hydrogen-bond acceptors (Lipinski definition) is 4. The topological polar surface area (TPSA) is 66.8 Å². The van der Waals surface area contributed by atoms with Gasteiger partial charge in [0, 0.05) is 36.9 Å². The molecule has 1 aromatic carbocycles. The molecule has 1 saturated heterocycles. The third kappa shape index (κ3) is 3.72. The van der Waals surface area contributed by atoms with E-state index in [4.69, 9.17) is 4.74 Å². The average molecular weight is 319 g/mol. The summed E-state index contributed by atoms with van der Waals surface area (Å²) in [5.74, 6) is 0.545.